The molecule has 76 heavy (non-hydrogen) atoms. The number of carbonyl (C=O) groups is 2. The fourth-order valence-corrected chi connectivity index (χ4v) is 9.65. The Labute approximate surface area is 469 Å². The maximum absolute atomic E-state index is 13.6. The summed E-state index contributed by atoms with van der Waals surface area (Å²) < 4.78 is 30.7. The van der Waals surface area contributed by atoms with E-state index in [9.17, 15) is 19.0 Å². The molecule has 0 aliphatic heterocycles. The summed E-state index contributed by atoms with van der Waals surface area (Å²) in [7, 11) is 1.47. The van der Waals surface area contributed by atoms with Crippen LogP contribution in [-0.2, 0) is 27.9 Å². The van der Waals surface area contributed by atoms with Crippen LogP contribution in [-0.4, -0.2) is 74.3 Å². The highest BCUT2D eigenvalue weighted by molar-refractivity contribution is 7.47. The van der Waals surface area contributed by atoms with Gasteiger partial charge in [0, 0.05) is 12.8 Å². The van der Waals surface area contributed by atoms with Crippen molar-refractivity contribution in [3.63, 3.8) is 0 Å². The monoisotopic (exact) mass is 1080 g/mol. The number of esters is 1. The van der Waals surface area contributed by atoms with Gasteiger partial charge in [-0.15, -0.1) is 0 Å². The second-order valence-electron chi connectivity index (χ2n) is 22.4. The third-order valence-electron chi connectivity index (χ3n) is 13.8. The van der Waals surface area contributed by atoms with E-state index in [1.54, 1.807) is 0 Å². The molecule has 0 spiro atoms. The van der Waals surface area contributed by atoms with E-state index in [4.69, 9.17) is 13.8 Å². The standard InChI is InChI=1S/C66H119N2O7P/c1-7-10-13-16-19-22-25-28-30-32-33-34-35-37-38-40-43-46-49-52-55-58-65(69)67-63(62-74-76(71,72)73-61-60-68(4,5)6)64(57-54-51-48-45-42-27-24-21-18-15-12-9-3)75-66(70)59-56-53-50-47-44-41-39-36-31-29-26-23-20-17-14-11-8-2/h11,14,17,20,23,26,29,31,36,39,41,44,54,57,63-64H,7-10,12-13,15-16,18-19,21-22,24-25,27-28,30,32-35,37-38,40,42-43,45-53,55-56,58-62H2,1-6H3,(H-,67,69,71,72)/p+1/b14-11-,20-17+,26-23+,31-29-,39-36+,44-41+,57-54+. The van der Waals surface area contributed by atoms with E-state index in [-0.39, 0.29) is 31.5 Å². The van der Waals surface area contributed by atoms with Gasteiger partial charge in [-0.2, -0.15) is 0 Å². The summed E-state index contributed by atoms with van der Waals surface area (Å²) in [5.41, 5.74) is 0. The summed E-state index contributed by atoms with van der Waals surface area (Å²) in [6.07, 6.45) is 73.0. The summed E-state index contributed by atoms with van der Waals surface area (Å²) in [5, 5.41) is 3.05. The fourth-order valence-electron chi connectivity index (χ4n) is 8.91. The lowest BCUT2D eigenvalue weighted by Crippen LogP contribution is -2.47. The number of hydrogen-bond donors (Lipinski definition) is 2. The van der Waals surface area contributed by atoms with Crippen molar-refractivity contribution in [3.8, 4) is 0 Å². The van der Waals surface area contributed by atoms with E-state index in [2.05, 4.69) is 38.2 Å². The number of phosphoric acid groups is 1. The van der Waals surface area contributed by atoms with E-state index >= 15 is 0 Å². The topological polar surface area (TPSA) is 111 Å². The van der Waals surface area contributed by atoms with Gasteiger partial charge in [-0.05, 0) is 51.0 Å². The Hall–Kier alpha value is -2.81. The highest BCUT2D eigenvalue weighted by Crippen LogP contribution is 2.43. The molecule has 0 saturated heterocycles. The number of hydrogen-bond acceptors (Lipinski definition) is 6. The Kier molecular flexibility index (Phi) is 53.5. The number of allylic oxidation sites excluding steroid dienone is 13. The number of quaternary nitrogens is 1. The van der Waals surface area contributed by atoms with E-state index < -0.39 is 20.0 Å². The molecule has 0 fully saturated rings. The molecule has 9 nitrogen and oxygen atoms in total. The minimum absolute atomic E-state index is 0.0303. The molecule has 0 heterocycles. The highest BCUT2D eigenvalue weighted by atomic mass is 31.2. The van der Waals surface area contributed by atoms with E-state index in [1.165, 1.54) is 167 Å². The van der Waals surface area contributed by atoms with Crippen LogP contribution in [0.4, 0.5) is 0 Å². The number of nitrogens with one attached hydrogen (secondary N) is 1. The van der Waals surface area contributed by atoms with Crippen LogP contribution in [0.5, 0.6) is 0 Å². The molecule has 0 aromatic rings. The largest absolute Gasteiger partial charge is 0.472 e. The first-order valence-corrected chi connectivity index (χ1v) is 33.0. The van der Waals surface area contributed by atoms with Gasteiger partial charge in [0.2, 0.25) is 5.91 Å². The predicted molar refractivity (Wildman–Crippen MR) is 328 cm³/mol. The smallest absolute Gasteiger partial charge is 0.456 e. The van der Waals surface area contributed by atoms with Gasteiger partial charge < -0.3 is 19.4 Å². The number of rotatable bonds is 56. The molecule has 1 amide bonds. The number of carbonyl (C=O) groups excluding carboxylic acids is 2. The molecule has 3 atom stereocenters. The third kappa shape index (κ3) is 55.9. The lowest BCUT2D eigenvalue weighted by atomic mass is 10.0. The van der Waals surface area contributed by atoms with Crippen molar-refractivity contribution >= 4 is 19.7 Å². The number of amides is 1. The SMILES string of the molecule is CC\C=C/C=C/C=C/C=C\C=C\C=C\CCCCCC(=O)OC(/C=C/CCCCCCCCCCCC)C(COP(=O)(O)OCC[N+](C)(C)C)NC(=O)CCCCCCCCCCCCCCCCCCCCCCC. The molecule has 0 aliphatic rings. The number of nitrogens with zero attached hydrogens (tertiary/aromatic N) is 1. The van der Waals surface area contributed by atoms with Crippen LogP contribution in [0.2, 0.25) is 0 Å². The zero-order valence-corrected chi connectivity index (χ0v) is 51.1. The lowest BCUT2D eigenvalue weighted by molar-refractivity contribution is -0.870. The van der Waals surface area contributed by atoms with Crippen molar-refractivity contribution in [2.75, 3.05) is 40.9 Å². The second-order valence-corrected chi connectivity index (χ2v) is 23.8. The number of likely N-dealkylation sites (N-methyl/N-ethyl adjacent to an activating group) is 1. The minimum Gasteiger partial charge on any atom is -0.456 e. The van der Waals surface area contributed by atoms with Gasteiger partial charge in [0.05, 0.1) is 33.8 Å². The zero-order valence-electron chi connectivity index (χ0n) is 50.2. The Bertz CT molecular complexity index is 1580. The first-order valence-electron chi connectivity index (χ1n) is 31.5. The van der Waals surface area contributed by atoms with Gasteiger partial charge in [-0.1, -0.05) is 292 Å². The van der Waals surface area contributed by atoms with Gasteiger partial charge >= 0.3 is 13.8 Å². The van der Waals surface area contributed by atoms with E-state index in [1.807, 2.05) is 94.1 Å². The average Bonchev–Trinajstić information content (AvgIpc) is 3.38. The van der Waals surface area contributed by atoms with Gasteiger partial charge in [0.15, 0.2) is 0 Å². The quantitative estimate of drug-likeness (QED) is 0.0156. The molecular weight excluding hydrogens is 964 g/mol. The van der Waals surface area contributed by atoms with Gasteiger partial charge in [0.25, 0.3) is 0 Å². The zero-order chi connectivity index (χ0) is 55.7. The Morgan fingerprint density at radius 1 is 0.474 bits per heavy atom. The van der Waals surface area contributed by atoms with Crippen LogP contribution in [0.25, 0.3) is 0 Å². The van der Waals surface area contributed by atoms with Crippen molar-refractivity contribution in [1.29, 1.82) is 0 Å². The number of ether oxygens (including phenoxy) is 1. The van der Waals surface area contributed by atoms with Crippen molar-refractivity contribution in [2.45, 2.75) is 283 Å². The first-order chi connectivity index (χ1) is 36.9. The van der Waals surface area contributed by atoms with Crippen LogP contribution >= 0.6 is 7.82 Å². The van der Waals surface area contributed by atoms with E-state index in [0.717, 1.165) is 64.2 Å². The maximum Gasteiger partial charge on any atom is 0.472 e. The summed E-state index contributed by atoms with van der Waals surface area (Å²) >= 11 is 0. The van der Waals surface area contributed by atoms with Crippen molar-refractivity contribution in [2.24, 2.45) is 0 Å². The molecule has 3 unspecified atom stereocenters. The molecule has 2 N–H and O–H groups in total. The number of phosphoric ester groups is 1. The summed E-state index contributed by atoms with van der Waals surface area (Å²) in [6.45, 7) is 6.85. The molecular formula is C66H120N2O7P+. The summed E-state index contributed by atoms with van der Waals surface area (Å²) in [5.74, 6) is -0.552. The average molecular weight is 1080 g/mol. The van der Waals surface area contributed by atoms with Crippen molar-refractivity contribution in [3.05, 3.63) is 85.1 Å². The normalized spacial score (nSPS) is 14.2. The predicted octanol–water partition coefficient (Wildman–Crippen LogP) is 19.4. The Balaban J connectivity index is 5.28. The molecule has 0 aromatic carbocycles. The van der Waals surface area contributed by atoms with Crippen LogP contribution in [0.1, 0.15) is 271 Å². The molecule has 0 aliphatic carbocycles. The van der Waals surface area contributed by atoms with E-state index in [0.29, 0.717) is 23.9 Å². The Morgan fingerprint density at radius 2 is 0.842 bits per heavy atom. The minimum atomic E-state index is -4.46. The van der Waals surface area contributed by atoms with Crippen LogP contribution in [0.3, 0.4) is 0 Å². The molecule has 0 bridgehead atoms. The molecule has 10 heteroatoms. The van der Waals surface area contributed by atoms with Gasteiger partial charge in [-0.3, -0.25) is 18.6 Å². The van der Waals surface area contributed by atoms with Crippen LogP contribution in [0.15, 0.2) is 85.1 Å². The second kappa shape index (κ2) is 55.5. The molecule has 0 aromatic heterocycles. The highest BCUT2D eigenvalue weighted by Gasteiger charge is 2.30. The van der Waals surface area contributed by atoms with Gasteiger partial charge in [-0.25, -0.2) is 4.57 Å². The maximum atomic E-state index is 13.6. The molecule has 0 rings (SSSR count). The van der Waals surface area contributed by atoms with Crippen molar-refractivity contribution in [1.82, 2.24) is 5.32 Å². The molecule has 440 valence electrons. The van der Waals surface area contributed by atoms with Crippen LogP contribution < -0.4 is 5.32 Å². The molecule has 0 saturated carbocycles. The number of unbranched alkanes of at least 4 members (excludes halogenated alkanes) is 33. The Morgan fingerprint density at radius 3 is 1.28 bits per heavy atom. The van der Waals surface area contributed by atoms with Crippen molar-refractivity contribution < 1.29 is 37.3 Å². The third-order valence-corrected chi connectivity index (χ3v) is 14.7. The molecule has 0 radical (unpaired) electrons. The lowest BCUT2D eigenvalue weighted by Gasteiger charge is -2.27. The first kappa shape index (κ1) is 73.2. The van der Waals surface area contributed by atoms with Crippen LogP contribution in [0, 0.1) is 0 Å². The summed E-state index contributed by atoms with van der Waals surface area (Å²) in [6, 6.07) is -0.869. The van der Waals surface area contributed by atoms with Gasteiger partial charge in [0.1, 0.15) is 19.3 Å². The fraction of sp³-hybridized carbons (Fsp3) is 0.758. The summed E-state index contributed by atoms with van der Waals surface area (Å²) in [4.78, 5) is 37.7.